The van der Waals surface area contributed by atoms with Gasteiger partial charge in [-0.3, -0.25) is 0 Å². The number of unbranched alkanes of at least 4 members (excludes halogenated alkanes) is 2. The second-order valence-corrected chi connectivity index (χ2v) is 4.55. The Balaban J connectivity index is 2.22. The number of hydrogen-bond donors (Lipinski definition) is 0. The van der Waals surface area contributed by atoms with Crippen LogP contribution in [0.1, 0.15) is 44.3 Å². The monoisotopic (exact) mass is 227 g/mol. The largest absolute Gasteiger partial charge is 0.228 e. The van der Waals surface area contributed by atoms with Gasteiger partial charge in [0.2, 0.25) is 0 Å². The topological polar surface area (TPSA) is 19.9 Å². The lowest BCUT2D eigenvalue weighted by molar-refractivity contribution is 0.0799. The molecule has 0 bridgehead atoms. The molecule has 1 nitrogen and oxygen atoms in total. The highest BCUT2D eigenvalue weighted by Crippen LogP contribution is 2.27. The van der Waals surface area contributed by atoms with E-state index in [1.54, 1.807) is 0 Å². The summed E-state index contributed by atoms with van der Waals surface area (Å²) in [6.45, 7) is 2.16. The molecule has 0 aromatic heterocycles. The van der Waals surface area contributed by atoms with Gasteiger partial charge in [-0.05, 0) is 22.8 Å². The summed E-state index contributed by atoms with van der Waals surface area (Å²) in [5.74, 6) is 0. The van der Waals surface area contributed by atoms with Crippen molar-refractivity contribution in [2.45, 2.75) is 38.7 Å². The fourth-order valence-electron chi connectivity index (χ4n) is 2.27. The van der Waals surface area contributed by atoms with E-state index in [0.717, 1.165) is 30.2 Å². The van der Waals surface area contributed by atoms with Crippen LogP contribution in [0.3, 0.4) is 0 Å². The number of benzene rings is 2. The Kier molecular flexibility index (Phi) is 4.16. The summed E-state index contributed by atoms with van der Waals surface area (Å²) in [5.41, 5.74) is 0.958. The highest BCUT2D eigenvalue weighted by Gasteiger charge is 2.11. The van der Waals surface area contributed by atoms with E-state index in [2.05, 4.69) is 25.1 Å². The molecule has 2 aromatic rings. The normalized spacial score (nSPS) is 12.8. The van der Waals surface area contributed by atoms with Crippen molar-refractivity contribution in [3.05, 3.63) is 48.0 Å². The first-order valence-electron chi connectivity index (χ1n) is 6.46. The van der Waals surface area contributed by atoms with Crippen LogP contribution >= 0.6 is 0 Å². The summed E-state index contributed by atoms with van der Waals surface area (Å²) < 4.78 is 0. The predicted molar refractivity (Wildman–Crippen MR) is 71.5 cm³/mol. The van der Waals surface area contributed by atoms with Crippen LogP contribution in [0.2, 0.25) is 0 Å². The average Bonchev–Trinajstić information content (AvgIpc) is 2.38. The zero-order valence-corrected chi connectivity index (χ0v) is 10.4. The molecule has 2 rings (SSSR count). The maximum atomic E-state index is 12.2. The molecule has 0 N–H and O–H groups in total. The van der Waals surface area contributed by atoms with Crippen molar-refractivity contribution in [3.63, 3.8) is 0 Å². The lowest BCUT2D eigenvalue weighted by atomic mass is 9.97. The standard InChI is InChI=1S/C16H19O/c1-2-3-4-12-16(17)15-11-7-9-13-8-5-6-10-14(13)15/h5-11,16H,2-4,12H2,1H3. The van der Waals surface area contributed by atoms with Crippen molar-refractivity contribution in [3.8, 4) is 0 Å². The van der Waals surface area contributed by atoms with Gasteiger partial charge in [-0.15, -0.1) is 0 Å². The van der Waals surface area contributed by atoms with Crippen molar-refractivity contribution < 1.29 is 5.11 Å². The van der Waals surface area contributed by atoms with Crippen LogP contribution in [-0.2, 0) is 5.11 Å². The molecule has 0 aliphatic heterocycles. The molecule has 0 aliphatic carbocycles. The lowest BCUT2D eigenvalue weighted by Gasteiger charge is -2.11. The summed E-state index contributed by atoms with van der Waals surface area (Å²) >= 11 is 0. The second-order valence-electron chi connectivity index (χ2n) is 4.55. The smallest absolute Gasteiger partial charge is 0.119 e. The predicted octanol–water partition coefficient (Wildman–Crippen LogP) is 4.89. The van der Waals surface area contributed by atoms with E-state index in [1.807, 2.05) is 24.3 Å². The highest BCUT2D eigenvalue weighted by molar-refractivity contribution is 5.85. The van der Waals surface area contributed by atoms with E-state index < -0.39 is 6.10 Å². The lowest BCUT2D eigenvalue weighted by Crippen LogP contribution is -1.96. The Hall–Kier alpha value is -1.34. The molecule has 2 aromatic carbocycles. The van der Waals surface area contributed by atoms with E-state index in [4.69, 9.17) is 0 Å². The zero-order chi connectivity index (χ0) is 12.1. The summed E-state index contributed by atoms with van der Waals surface area (Å²) in [5, 5.41) is 14.5. The first-order chi connectivity index (χ1) is 8.33. The van der Waals surface area contributed by atoms with Crippen LogP contribution in [0.25, 0.3) is 10.8 Å². The minimum Gasteiger partial charge on any atom is -0.228 e. The number of hydrogen-bond acceptors (Lipinski definition) is 0. The van der Waals surface area contributed by atoms with Gasteiger partial charge in [0.05, 0.1) is 0 Å². The van der Waals surface area contributed by atoms with Gasteiger partial charge in [0.15, 0.2) is 0 Å². The van der Waals surface area contributed by atoms with Crippen LogP contribution in [-0.4, -0.2) is 0 Å². The molecule has 0 aliphatic rings. The number of rotatable bonds is 5. The first-order valence-corrected chi connectivity index (χ1v) is 6.46. The molecule has 17 heavy (non-hydrogen) atoms. The molecule has 0 saturated carbocycles. The molecule has 0 spiro atoms. The molecular weight excluding hydrogens is 208 g/mol. The van der Waals surface area contributed by atoms with Gasteiger partial charge in [0.25, 0.3) is 0 Å². The fourth-order valence-corrected chi connectivity index (χ4v) is 2.27. The molecule has 89 valence electrons. The van der Waals surface area contributed by atoms with E-state index in [9.17, 15) is 5.11 Å². The van der Waals surface area contributed by atoms with Gasteiger partial charge in [-0.25, -0.2) is 5.11 Å². The molecule has 0 saturated heterocycles. The van der Waals surface area contributed by atoms with E-state index in [1.165, 1.54) is 11.8 Å². The molecule has 0 heterocycles. The maximum absolute atomic E-state index is 12.2. The Morgan fingerprint density at radius 2 is 1.76 bits per heavy atom. The van der Waals surface area contributed by atoms with Crippen LogP contribution in [0.5, 0.6) is 0 Å². The minimum atomic E-state index is -0.576. The third-order valence-electron chi connectivity index (χ3n) is 3.24. The summed E-state index contributed by atoms with van der Waals surface area (Å²) in [4.78, 5) is 0. The summed E-state index contributed by atoms with van der Waals surface area (Å²) in [6.07, 6.45) is 3.54. The van der Waals surface area contributed by atoms with Gasteiger partial charge >= 0.3 is 0 Å². The van der Waals surface area contributed by atoms with Gasteiger partial charge in [-0.2, -0.15) is 0 Å². The van der Waals surface area contributed by atoms with Crippen molar-refractivity contribution in [1.82, 2.24) is 0 Å². The zero-order valence-electron chi connectivity index (χ0n) is 10.4. The summed E-state index contributed by atoms with van der Waals surface area (Å²) in [7, 11) is 0. The minimum absolute atomic E-state index is 0.576. The van der Waals surface area contributed by atoms with Crippen LogP contribution in [0.15, 0.2) is 42.5 Å². The quantitative estimate of drug-likeness (QED) is 0.648. The van der Waals surface area contributed by atoms with Gasteiger partial charge in [0, 0.05) is 0 Å². The summed E-state index contributed by atoms with van der Waals surface area (Å²) in [6, 6.07) is 14.2. The maximum Gasteiger partial charge on any atom is 0.119 e. The Labute approximate surface area is 103 Å². The number of fused-ring (bicyclic) bond motifs is 1. The van der Waals surface area contributed by atoms with Crippen molar-refractivity contribution in [2.24, 2.45) is 0 Å². The SMILES string of the molecule is CCCCCC([O])c1cccc2ccccc12. The van der Waals surface area contributed by atoms with E-state index in [-0.39, 0.29) is 0 Å². The third kappa shape index (κ3) is 2.86. The van der Waals surface area contributed by atoms with Crippen LogP contribution in [0, 0.1) is 0 Å². The van der Waals surface area contributed by atoms with Gasteiger partial charge in [0.1, 0.15) is 6.10 Å². The average molecular weight is 227 g/mol. The fraction of sp³-hybridized carbons (Fsp3) is 0.375. The third-order valence-corrected chi connectivity index (χ3v) is 3.24. The Morgan fingerprint density at radius 1 is 1.00 bits per heavy atom. The van der Waals surface area contributed by atoms with Crippen molar-refractivity contribution >= 4 is 10.8 Å². The molecule has 1 radical (unpaired) electrons. The highest BCUT2D eigenvalue weighted by atomic mass is 16.3. The molecular formula is C16H19O. The van der Waals surface area contributed by atoms with Gasteiger partial charge in [-0.1, -0.05) is 68.7 Å². The van der Waals surface area contributed by atoms with E-state index >= 15 is 0 Å². The molecule has 0 fully saturated rings. The van der Waals surface area contributed by atoms with Gasteiger partial charge < -0.3 is 0 Å². The Morgan fingerprint density at radius 3 is 2.59 bits per heavy atom. The molecule has 1 unspecified atom stereocenters. The van der Waals surface area contributed by atoms with Crippen molar-refractivity contribution in [1.29, 1.82) is 0 Å². The molecule has 1 heteroatoms. The van der Waals surface area contributed by atoms with Crippen LogP contribution in [0.4, 0.5) is 0 Å². The molecule has 1 atom stereocenters. The van der Waals surface area contributed by atoms with Crippen molar-refractivity contribution in [2.75, 3.05) is 0 Å². The van der Waals surface area contributed by atoms with E-state index in [0.29, 0.717) is 0 Å². The first kappa shape index (κ1) is 12.1. The second kappa shape index (κ2) is 5.83. The molecule has 0 amide bonds. The van der Waals surface area contributed by atoms with Crippen LogP contribution < -0.4 is 0 Å². The Bertz CT molecular complexity index is 470.